The molecule has 2 aromatic heterocycles. The van der Waals surface area contributed by atoms with E-state index in [0.717, 1.165) is 18.0 Å². The van der Waals surface area contributed by atoms with Gasteiger partial charge in [-0.25, -0.2) is 0 Å². The number of hydrogen-bond acceptors (Lipinski definition) is 3. The Balaban J connectivity index is 1.96. The first-order valence-electron chi connectivity index (χ1n) is 6.73. The van der Waals surface area contributed by atoms with Crippen LogP contribution in [0.4, 0.5) is 0 Å². The van der Waals surface area contributed by atoms with Gasteiger partial charge in [-0.05, 0) is 48.2 Å². The Morgan fingerprint density at radius 1 is 1.15 bits per heavy atom. The Kier molecular flexibility index (Phi) is 4.41. The van der Waals surface area contributed by atoms with Crippen LogP contribution in [0, 0.1) is 0 Å². The Labute approximate surface area is 132 Å². The minimum Gasteiger partial charge on any atom is -0.306 e. The number of benzene rings is 1. The molecule has 0 aliphatic rings. The molecule has 0 fully saturated rings. The number of rotatable bonds is 5. The van der Waals surface area contributed by atoms with Gasteiger partial charge in [-0.3, -0.25) is 0 Å². The van der Waals surface area contributed by atoms with Crippen molar-refractivity contribution in [1.29, 1.82) is 0 Å². The predicted molar refractivity (Wildman–Crippen MR) is 91.3 cm³/mol. The molecule has 1 unspecified atom stereocenters. The second kappa shape index (κ2) is 6.27. The zero-order chi connectivity index (χ0) is 13.9. The van der Waals surface area contributed by atoms with Crippen molar-refractivity contribution < 1.29 is 0 Å². The van der Waals surface area contributed by atoms with Crippen LogP contribution in [0.2, 0.25) is 5.02 Å². The maximum absolute atomic E-state index is 6.00. The first-order valence-corrected chi connectivity index (χ1v) is 8.81. The predicted octanol–water partition coefficient (Wildman–Crippen LogP) is 5.71. The molecule has 1 nitrogen and oxygen atoms in total. The third-order valence-corrected chi connectivity index (χ3v) is 5.65. The highest BCUT2D eigenvalue weighted by molar-refractivity contribution is 7.27. The van der Waals surface area contributed by atoms with E-state index in [9.17, 15) is 0 Å². The average Bonchev–Trinajstić information content (AvgIpc) is 3.02. The standard InChI is InChI=1S/C16H16ClNS2/c1-2-8-18-16(11-3-5-12(17)6-4-11)15-10-14-13(20-15)7-9-19-14/h3-7,9-10,16,18H,2,8H2,1H3. The first kappa shape index (κ1) is 14.1. The van der Waals surface area contributed by atoms with Crippen LogP contribution < -0.4 is 5.32 Å². The van der Waals surface area contributed by atoms with E-state index in [2.05, 4.69) is 41.9 Å². The maximum atomic E-state index is 6.00. The van der Waals surface area contributed by atoms with E-state index in [1.54, 1.807) is 0 Å². The van der Waals surface area contributed by atoms with Crippen LogP contribution in [0.1, 0.15) is 29.8 Å². The molecule has 104 valence electrons. The van der Waals surface area contributed by atoms with E-state index in [-0.39, 0.29) is 6.04 Å². The molecular formula is C16H16ClNS2. The van der Waals surface area contributed by atoms with Crippen LogP contribution in [0.15, 0.2) is 41.8 Å². The summed E-state index contributed by atoms with van der Waals surface area (Å²) < 4.78 is 2.75. The van der Waals surface area contributed by atoms with E-state index in [4.69, 9.17) is 11.6 Å². The van der Waals surface area contributed by atoms with Crippen molar-refractivity contribution in [2.75, 3.05) is 6.54 Å². The molecule has 2 heterocycles. The summed E-state index contributed by atoms with van der Waals surface area (Å²) in [7, 11) is 0. The van der Waals surface area contributed by atoms with Gasteiger partial charge in [-0.2, -0.15) is 0 Å². The van der Waals surface area contributed by atoms with E-state index < -0.39 is 0 Å². The van der Waals surface area contributed by atoms with Gasteiger partial charge < -0.3 is 5.32 Å². The number of fused-ring (bicyclic) bond motifs is 1. The van der Waals surface area contributed by atoms with Crippen LogP contribution in [0.5, 0.6) is 0 Å². The van der Waals surface area contributed by atoms with Crippen LogP contribution in [0.25, 0.3) is 9.40 Å². The van der Waals surface area contributed by atoms with Gasteiger partial charge in [0.15, 0.2) is 0 Å². The molecule has 1 aromatic carbocycles. The summed E-state index contributed by atoms with van der Waals surface area (Å²) in [5, 5.41) is 6.59. The van der Waals surface area contributed by atoms with Gasteiger partial charge in [0.25, 0.3) is 0 Å². The average molecular weight is 322 g/mol. The van der Waals surface area contributed by atoms with Gasteiger partial charge in [0.2, 0.25) is 0 Å². The second-order valence-corrected chi connectivity index (χ2v) is 7.24. The SMILES string of the molecule is CCCNC(c1ccc(Cl)cc1)c1cc2sccc2s1. The van der Waals surface area contributed by atoms with Crippen LogP contribution in [0.3, 0.4) is 0 Å². The van der Waals surface area contributed by atoms with E-state index in [0.29, 0.717) is 0 Å². The molecule has 4 heteroatoms. The third-order valence-electron chi connectivity index (χ3n) is 3.24. The lowest BCUT2D eigenvalue weighted by Gasteiger charge is -2.17. The van der Waals surface area contributed by atoms with Gasteiger partial charge in [0.05, 0.1) is 6.04 Å². The Bertz CT molecular complexity index is 655. The largest absolute Gasteiger partial charge is 0.306 e. The molecule has 1 atom stereocenters. The summed E-state index contributed by atoms with van der Waals surface area (Å²) in [5.41, 5.74) is 1.27. The highest BCUT2D eigenvalue weighted by atomic mass is 35.5. The molecule has 3 rings (SSSR count). The summed E-state index contributed by atoms with van der Waals surface area (Å²) in [4.78, 5) is 1.38. The van der Waals surface area contributed by atoms with Gasteiger partial charge in [-0.1, -0.05) is 30.7 Å². The van der Waals surface area contributed by atoms with E-state index in [1.807, 2.05) is 34.8 Å². The summed E-state index contributed by atoms with van der Waals surface area (Å²) in [6, 6.07) is 12.9. The normalized spacial score (nSPS) is 12.9. The van der Waals surface area contributed by atoms with Crippen molar-refractivity contribution in [3.63, 3.8) is 0 Å². The topological polar surface area (TPSA) is 12.0 Å². The summed E-state index contributed by atoms with van der Waals surface area (Å²) in [6.07, 6.45) is 1.13. The molecule has 0 aliphatic heterocycles. The Morgan fingerprint density at radius 2 is 1.95 bits per heavy atom. The van der Waals surface area contributed by atoms with Gasteiger partial charge in [-0.15, -0.1) is 22.7 Å². The van der Waals surface area contributed by atoms with Crippen LogP contribution >= 0.6 is 34.3 Å². The van der Waals surface area contributed by atoms with Crippen LogP contribution in [-0.2, 0) is 0 Å². The Morgan fingerprint density at radius 3 is 2.65 bits per heavy atom. The molecule has 3 aromatic rings. The van der Waals surface area contributed by atoms with Gasteiger partial charge in [0, 0.05) is 19.3 Å². The van der Waals surface area contributed by atoms with Gasteiger partial charge >= 0.3 is 0 Å². The van der Waals surface area contributed by atoms with Crippen LogP contribution in [-0.4, -0.2) is 6.54 Å². The molecule has 0 spiro atoms. The zero-order valence-corrected chi connectivity index (χ0v) is 13.6. The third kappa shape index (κ3) is 2.91. The fourth-order valence-electron chi connectivity index (χ4n) is 2.25. The molecule has 1 N–H and O–H groups in total. The summed E-state index contributed by atoms with van der Waals surface area (Å²) in [5.74, 6) is 0. The molecule has 0 saturated carbocycles. The second-order valence-electron chi connectivity index (χ2n) is 4.74. The monoisotopic (exact) mass is 321 g/mol. The van der Waals surface area contributed by atoms with E-state index in [1.165, 1.54) is 19.8 Å². The fraction of sp³-hybridized carbons (Fsp3) is 0.250. The molecular weight excluding hydrogens is 306 g/mol. The van der Waals surface area contributed by atoms with Crippen molar-refractivity contribution in [1.82, 2.24) is 5.32 Å². The number of nitrogens with one attached hydrogen (secondary N) is 1. The molecule has 0 radical (unpaired) electrons. The van der Waals surface area contributed by atoms with Crippen molar-refractivity contribution in [2.24, 2.45) is 0 Å². The summed E-state index contributed by atoms with van der Waals surface area (Å²) >= 11 is 9.68. The number of thiophene rings is 2. The number of halogens is 1. The van der Waals surface area contributed by atoms with Gasteiger partial charge in [0.1, 0.15) is 0 Å². The highest BCUT2D eigenvalue weighted by Gasteiger charge is 2.16. The van der Waals surface area contributed by atoms with Crippen molar-refractivity contribution >= 4 is 43.7 Å². The smallest absolute Gasteiger partial charge is 0.0671 e. The quantitative estimate of drug-likeness (QED) is 0.635. The molecule has 0 saturated heterocycles. The fourth-order valence-corrected chi connectivity index (χ4v) is 4.60. The van der Waals surface area contributed by atoms with Crippen molar-refractivity contribution in [2.45, 2.75) is 19.4 Å². The highest BCUT2D eigenvalue weighted by Crippen LogP contribution is 2.36. The lowest BCUT2D eigenvalue weighted by Crippen LogP contribution is -2.22. The van der Waals surface area contributed by atoms with Crippen molar-refractivity contribution in [3.8, 4) is 0 Å². The maximum Gasteiger partial charge on any atom is 0.0671 e. The zero-order valence-electron chi connectivity index (χ0n) is 11.2. The minimum absolute atomic E-state index is 0.261. The molecule has 0 amide bonds. The molecule has 0 bridgehead atoms. The lowest BCUT2D eigenvalue weighted by molar-refractivity contribution is 0.606. The molecule has 20 heavy (non-hydrogen) atoms. The Hall–Kier alpha value is -0.870. The number of hydrogen-bond donors (Lipinski definition) is 1. The minimum atomic E-state index is 0.261. The molecule has 0 aliphatic carbocycles. The first-order chi connectivity index (χ1) is 9.78. The van der Waals surface area contributed by atoms with E-state index >= 15 is 0 Å². The summed E-state index contributed by atoms with van der Waals surface area (Å²) in [6.45, 7) is 3.21. The lowest BCUT2D eigenvalue weighted by atomic mass is 10.1. The van der Waals surface area contributed by atoms with Crippen molar-refractivity contribution in [3.05, 3.63) is 57.2 Å².